The van der Waals surface area contributed by atoms with E-state index in [2.05, 4.69) is 23.7 Å². The van der Waals surface area contributed by atoms with Crippen LogP contribution in [0.3, 0.4) is 0 Å². The molecule has 0 aliphatic carbocycles. The highest BCUT2D eigenvalue weighted by Crippen LogP contribution is 2.29. The summed E-state index contributed by atoms with van der Waals surface area (Å²) >= 11 is 0. The second-order valence-electron chi connectivity index (χ2n) is 8.25. The van der Waals surface area contributed by atoms with Crippen molar-refractivity contribution in [3.8, 4) is 0 Å². The van der Waals surface area contributed by atoms with Crippen LogP contribution < -0.4 is 5.32 Å². The van der Waals surface area contributed by atoms with Crippen LogP contribution in [0.25, 0.3) is 0 Å². The van der Waals surface area contributed by atoms with Gasteiger partial charge in [0.25, 0.3) is 5.91 Å². The Morgan fingerprint density at radius 2 is 1.73 bits per heavy atom. The summed E-state index contributed by atoms with van der Waals surface area (Å²) in [6, 6.07) is 9.05. The number of benzene rings is 1. The molecule has 2 heterocycles. The van der Waals surface area contributed by atoms with Crippen molar-refractivity contribution in [2.45, 2.75) is 66.0 Å². The van der Waals surface area contributed by atoms with Crippen molar-refractivity contribution in [3.63, 3.8) is 0 Å². The van der Waals surface area contributed by atoms with Crippen molar-refractivity contribution in [2.24, 2.45) is 0 Å². The molecule has 30 heavy (non-hydrogen) atoms. The Morgan fingerprint density at radius 3 is 2.33 bits per heavy atom. The number of carbonyl (C=O) groups is 3. The van der Waals surface area contributed by atoms with Gasteiger partial charge >= 0.3 is 6.03 Å². The standard InChI is InChI=1S/C24H31N3O3/c1-6-8-18-9-11-19(12-10-18)24(5)22(29)27(23(30)25-24)15-21(28)20-14-16(3)26(13-7-2)17(20)4/h9-12,14H,6-8,13,15H2,1-5H3,(H,25,30)/t24-/m1/s1. The van der Waals surface area contributed by atoms with Gasteiger partial charge in [0, 0.05) is 23.5 Å². The number of nitrogens with zero attached hydrogens (tertiary/aromatic N) is 2. The number of ketones is 1. The Hall–Kier alpha value is -2.89. The molecule has 1 fully saturated rings. The van der Waals surface area contributed by atoms with Gasteiger partial charge in [-0.2, -0.15) is 0 Å². The molecule has 1 saturated heterocycles. The molecule has 1 aliphatic heterocycles. The minimum Gasteiger partial charge on any atom is -0.348 e. The van der Waals surface area contributed by atoms with Crippen LogP contribution in [0.1, 0.15) is 66.5 Å². The number of urea groups is 1. The predicted molar refractivity (Wildman–Crippen MR) is 117 cm³/mol. The third-order valence-electron chi connectivity index (χ3n) is 5.97. The number of nitrogens with one attached hydrogen (secondary N) is 1. The van der Waals surface area contributed by atoms with Gasteiger partial charge in [-0.25, -0.2) is 4.79 Å². The van der Waals surface area contributed by atoms with E-state index in [1.165, 1.54) is 5.56 Å². The molecule has 0 saturated carbocycles. The van der Waals surface area contributed by atoms with E-state index in [1.807, 2.05) is 44.2 Å². The summed E-state index contributed by atoms with van der Waals surface area (Å²) in [6.07, 6.45) is 2.97. The van der Waals surface area contributed by atoms with Gasteiger partial charge in [0.05, 0.1) is 6.54 Å². The molecule has 3 rings (SSSR count). The van der Waals surface area contributed by atoms with Gasteiger partial charge in [-0.15, -0.1) is 0 Å². The monoisotopic (exact) mass is 409 g/mol. The van der Waals surface area contributed by atoms with Crippen LogP contribution in [0.5, 0.6) is 0 Å². The number of imide groups is 1. The maximum atomic E-state index is 13.2. The number of amides is 3. The summed E-state index contributed by atoms with van der Waals surface area (Å²) in [6.45, 7) is 10.3. The molecule has 1 aromatic heterocycles. The highest BCUT2D eigenvalue weighted by molar-refractivity contribution is 6.11. The molecule has 1 N–H and O–H groups in total. The molecule has 0 unspecified atom stereocenters. The lowest BCUT2D eigenvalue weighted by Gasteiger charge is -2.22. The van der Waals surface area contributed by atoms with Crippen molar-refractivity contribution in [2.75, 3.05) is 6.54 Å². The molecule has 0 bridgehead atoms. The zero-order chi connectivity index (χ0) is 22.1. The van der Waals surface area contributed by atoms with Crippen molar-refractivity contribution in [1.29, 1.82) is 0 Å². The van der Waals surface area contributed by atoms with E-state index in [0.29, 0.717) is 5.56 Å². The number of hydrogen-bond donors (Lipinski definition) is 1. The molecule has 6 nitrogen and oxygen atoms in total. The van der Waals surface area contributed by atoms with E-state index in [0.717, 1.165) is 47.7 Å². The quantitative estimate of drug-likeness (QED) is 0.527. The average molecular weight is 410 g/mol. The average Bonchev–Trinajstić information content (AvgIpc) is 3.11. The van der Waals surface area contributed by atoms with Gasteiger partial charge in [0.15, 0.2) is 5.78 Å². The fourth-order valence-corrected chi connectivity index (χ4v) is 4.21. The van der Waals surface area contributed by atoms with Crippen LogP contribution in [-0.2, 0) is 23.3 Å². The second kappa shape index (κ2) is 8.46. The summed E-state index contributed by atoms with van der Waals surface area (Å²) in [5.41, 5.74) is 3.20. The molecule has 6 heteroatoms. The normalized spacial score (nSPS) is 18.8. The Labute approximate surface area is 178 Å². The van der Waals surface area contributed by atoms with Crippen molar-refractivity contribution in [1.82, 2.24) is 14.8 Å². The molecule has 1 aromatic carbocycles. The zero-order valence-electron chi connectivity index (χ0n) is 18.5. The molecular weight excluding hydrogens is 378 g/mol. The Kier molecular flexibility index (Phi) is 6.15. The summed E-state index contributed by atoms with van der Waals surface area (Å²) < 4.78 is 2.10. The minimum absolute atomic E-state index is 0.225. The first kappa shape index (κ1) is 21.8. The van der Waals surface area contributed by atoms with Crippen LogP contribution >= 0.6 is 0 Å². The van der Waals surface area contributed by atoms with E-state index in [-0.39, 0.29) is 12.3 Å². The van der Waals surface area contributed by atoms with Gasteiger partial charge in [-0.1, -0.05) is 44.5 Å². The fraction of sp³-hybridized carbons (Fsp3) is 0.458. The summed E-state index contributed by atoms with van der Waals surface area (Å²) in [7, 11) is 0. The van der Waals surface area contributed by atoms with Crippen molar-refractivity contribution < 1.29 is 14.4 Å². The van der Waals surface area contributed by atoms with Crippen LogP contribution in [0.15, 0.2) is 30.3 Å². The third kappa shape index (κ3) is 3.78. The Balaban J connectivity index is 1.81. The van der Waals surface area contributed by atoms with E-state index in [4.69, 9.17) is 0 Å². The van der Waals surface area contributed by atoms with Gasteiger partial charge in [0.1, 0.15) is 5.54 Å². The molecule has 3 amide bonds. The van der Waals surface area contributed by atoms with Gasteiger partial charge in [-0.05, 0) is 50.8 Å². The van der Waals surface area contributed by atoms with E-state index < -0.39 is 17.5 Å². The lowest BCUT2D eigenvalue weighted by Crippen LogP contribution is -2.41. The molecule has 1 aliphatic rings. The second-order valence-corrected chi connectivity index (χ2v) is 8.25. The highest BCUT2D eigenvalue weighted by Gasteiger charge is 2.49. The summed E-state index contributed by atoms with van der Waals surface area (Å²) in [4.78, 5) is 39.8. The van der Waals surface area contributed by atoms with Crippen molar-refractivity contribution in [3.05, 3.63) is 58.4 Å². The van der Waals surface area contributed by atoms with Crippen LogP contribution in [0.2, 0.25) is 0 Å². The molecule has 1 atom stereocenters. The zero-order valence-corrected chi connectivity index (χ0v) is 18.5. The van der Waals surface area contributed by atoms with Crippen LogP contribution in [-0.4, -0.2) is 33.7 Å². The molecular formula is C24H31N3O3. The number of carbonyl (C=O) groups excluding carboxylic acids is 3. The molecule has 0 radical (unpaired) electrons. The number of hydrogen-bond acceptors (Lipinski definition) is 3. The van der Waals surface area contributed by atoms with Crippen LogP contribution in [0.4, 0.5) is 4.79 Å². The SMILES string of the molecule is CCCc1ccc([C@@]2(C)NC(=O)N(CC(=O)c3cc(C)n(CCC)c3C)C2=O)cc1. The maximum Gasteiger partial charge on any atom is 0.325 e. The highest BCUT2D eigenvalue weighted by atomic mass is 16.2. The predicted octanol–water partition coefficient (Wildman–Crippen LogP) is 4.12. The smallest absolute Gasteiger partial charge is 0.325 e. The fourth-order valence-electron chi connectivity index (χ4n) is 4.21. The summed E-state index contributed by atoms with van der Waals surface area (Å²) in [5.74, 6) is -0.622. The van der Waals surface area contributed by atoms with Gasteiger partial charge in [0.2, 0.25) is 0 Å². The third-order valence-corrected chi connectivity index (χ3v) is 5.97. The van der Waals surface area contributed by atoms with E-state index >= 15 is 0 Å². The topological polar surface area (TPSA) is 71.4 Å². The largest absolute Gasteiger partial charge is 0.348 e. The molecule has 2 aromatic rings. The lowest BCUT2D eigenvalue weighted by atomic mass is 9.91. The van der Waals surface area contributed by atoms with Crippen LogP contribution in [0, 0.1) is 13.8 Å². The maximum absolute atomic E-state index is 13.2. The van der Waals surface area contributed by atoms with Gasteiger partial charge in [-0.3, -0.25) is 14.5 Å². The van der Waals surface area contributed by atoms with Crippen molar-refractivity contribution >= 4 is 17.7 Å². The number of rotatable bonds is 8. The lowest BCUT2D eigenvalue weighted by molar-refractivity contribution is -0.130. The summed E-state index contributed by atoms with van der Waals surface area (Å²) in [5, 5.41) is 2.79. The van der Waals surface area contributed by atoms with E-state index in [9.17, 15) is 14.4 Å². The first-order valence-electron chi connectivity index (χ1n) is 10.7. The Bertz CT molecular complexity index is 974. The minimum atomic E-state index is -1.17. The Morgan fingerprint density at radius 1 is 1.07 bits per heavy atom. The molecule has 0 spiro atoms. The first-order chi connectivity index (χ1) is 14.2. The number of aromatic nitrogens is 1. The van der Waals surface area contributed by atoms with Gasteiger partial charge < -0.3 is 9.88 Å². The molecule has 160 valence electrons. The number of Topliss-reactive ketones (excluding diaryl/α,β-unsaturated/α-hetero) is 1. The number of aryl methyl sites for hydroxylation is 2. The first-order valence-corrected chi connectivity index (χ1v) is 10.7. The van der Waals surface area contributed by atoms with E-state index in [1.54, 1.807) is 6.92 Å².